The number of hydrogen-bond acceptors (Lipinski definition) is 3. The Balaban J connectivity index is 0.00000128. The summed E-state index contributed by atoms with van der Waals surface area (Å²) < 4.78 is 9.89. The van der Waals surface area contributed by atoms with E-state index in [4.69, 9.17) is 21.1 Å². The number of cyclic esters (lactones) is 1. The molecule has 0 unspecified atom stereocenters. The van der Waals surface area contributed by atoms with Gasteiger partial charge in [-0.3, -0.25) is 0 Å². The molecule has 88 valence electrons. The quantitative estimate of drug-likeness (QED) is 0.892. The molecule has 1 aliphatic rings. The van der Waals surface area contributed by atoms with Crippen LogP contribution < -0.4 is 10.1 Å². The van der Waals surface area contributed by atoms with Crippen LogP contribution in [0.3, 0.4) is 0 Å². The van der Waals surface area contributed by atoms with E-state index in [-0.39, 0.29) is 18.4 Å². The second-order valence-corrected chi connectivity index (χ2v) is 3.60. The van der Waals surface area contributed by atoms with Crippen molar-refractivity contribution in [1.82, 2.24) is 5.32 Å². The summed E-state index contributed by atoms with van der Waals surface area (Å²) in [5, 5.41) is 3.23. The highest BCUT2D eigenvalue weighted by Crippen LogP contribution is 2.28. The highest BCUT2D eigenvalue weighted by Gasteiger charge is 2.24. The molecule has 1 aliphatic heterocycles. The Morgan fingerprint density at radius 2 is 2.31 bits per heavy atom. The van der Waals surface area contributed by atoms with Gasteiger partial charge in [-0.15, -0.1) is 12.4 Å². The summed E-state index contributed by atoms with van der Waals surface area (Å²) >= 11 is 5.89. The SMILES string of the molecule is COc1cc([C@@H]2COC(=O)N2)ccc1Cl.Cl. The van der Waals surface area contributed by atoms with Crippen LogP contribution in [-0.2, 0) is 4.74 Å². The molecule has 1 amide bonds. The summed E-state index contributed by atoms with van der Waals surface area (Å²) in [5.41, 5.74) is 0.919. The monoisotopic (exact) mass is 263 g/mol. The van der Waals surface area contributed by atoms with Crippen molar-refractivity contribution in [3.63, 3.8) is 0 Å². The maximum absolute atomic E-state index is 10.9. The van der Waals surface area contributed by atoms with Gasteiger partial charge in [0, 0.05) is 0 Å². The van der Waals surface area contributed by atoms with Crippen LogP contribution >= 0.6 is 24.0 Å². The maximum Gasteiger partial charge on any atom is 0.407 e. The Hall–Kier alpha value is -1.13. The van der Waals surface area contributed by atoms with Gasteiger partial charge in [0.05, 0.1) is 18.2 Å². The number of rotatable bonds is 2. The third kappa shape index (κ3) is 2.51. The van der Waals surface area contributed by atoms with Gasteiger partial charge >= 0.3 is 6.09 Å². The molecule has 16 heavy (non-hydrogen) atoms. The number of methoxy groups -OCH3 is 1. The van der Waals surface area contributed by atoms with Crippen molar-refractivity contribution in [3.8, 4) is 5.75 Å². The fraction of sp³-hybridized carbons (Fsp3) is 0.300. The van der Waals surface area contributed by atoms with E-state index in [9.17, 15) is 4.79 Å². The first-order valence-corrected chi connectivity index (χ1v) is 4.85. The Labute approximate surface area is 104 Å². The van der Waals surface area contributed by atoms with Crippen molar-refractivity contribution in [3.05, 3.63) is 28.8 Å². The Bertz CT molecular complexity index is 398. The van der Waals surface area contributed by atoms with E-state index >= 15 is 0 Å². The predicted octanol–water partition coefficient (Wildman–Crippen LogP) is 2.55. The lowest BCUT2D eigenvalue weighted by atomic mass is 10.1. The minimum absolute atomic E-state index is 0. The van der Waals surface area contributed by atoms with E-state index < -0.39 is 6.09 Å². The van der Waals surface area contributed by atoms with Crippen molar-refractivity contribution in [2.24, 2.45) is 0 Å². The van der Waals surface area contributed by atoms with E-state index in [1.165, 1.54) is 0 Å². The third-order valence-electron chi connectivity index (χ3n) is 2.25. The van der Waals surface area contributed by atoms with Gasteiger partial charge in [-0.25, -0.2) is 4.79 Å². The molecule has 1 aromatic rings. The van der Waals surface area contributed by atoms with Crippen LogP contribution in [-0.4, -0.2) is 19.8 Å². The van der Waals surface area contributed by atoms with Gasteiger partial charge in [0.15, 0.2) is 0 Å². The van der Waals surface area contributed by atoms with Gasteiger partial charge in [0.25, 0.3) is 0 Å². The molecule has 1 N–H and O–H groups in total. The molecule has 6 heteroatoms. The standard InChI is InChI=1S/C10H10ClNO3.ClH/c1-14-9-4-6(2-3-7(9)11)8-5-15-10(13)12-8;/h2-4,8H,5H2,1H3,(H,12,13);1H/t8-;/m0./s1. The highest BCUT2D eigenvalue weighted by molar-refractivity contribution is 6.32. The second-order valence-electron chi connectivity index (χ2n) is 3.19. The number of carbonyl (C=O) groups excluding carboxylic acids is 1. The molecule has 0 saturated carbocycles. The van der Waals surface area contributed by atoms with Crippen LogP contribution in [0.4, 0.5) is 4.79 Å². The Morgan fingerprint density at radius 1 is 1.56 bits per heavy atom. The molecule has 4 nitrogen and oxygen atoms in total. The molecular weight excluding hydrogens is 253 g/mol. The number of halogens is 2. The average molecular weight is 264 g/mol. The molecule has 1 heterocycles. The summed E-state index contributed by atoms with van der Waals surface area (Å²) in [6, 6.07) is 5.25. The lowest BCUT2D eigenvalue weighted by Crippen LogP contribution is -2.18. The molecular formula is C10H11Cl2NO3. The third-order valence-corrected chi connectivity index (χ3v) is 2.56. The lowest BCUT2D eigenvalue weighted by Gasteiger charge is -2.10. The van der Waals surface area contributed by atoms with Crippen molar-refractivity contribution < 1.29 is 14.3 Å². The minimum Gasteiger partial charge on any atom is -0.495 e. The number of benzene rings is 1. The molecule has 0 radical (unpaired) electrons. The molecule has 1 saturated heterocycles. The Kier molecular flexibility index (Phi) is 4.26. The number of alkyl carbamates (subject to hydrolysis) is 1. The van der Waals surface area contributed by atoms with Crippen LogP contribution in [0.5, 0.6) is 5.75 Å². The van der Waals surface area contributed by atoms with Gasteiger partial charge < -0.3 is 14.8 Å². The minimum atomic E-state index is -0.395. The summed E-state index contributed by atoms with van der Waals surface area (Å²) in [5.74, 6) is 0.593. The molecule has 1 fully saturated rings. The van der Waals surface area contributed by atoms with Crippen LogP contribution in [0.2, 0.25) is 5.02 Å². The Morgan fingerprint density at radius 3 is 2.88 bits per heavy atom. The van der Waals surface area contributed by atoms with Crippen molar-refractivity contribution in [2.75, 3.05) is 13.7 Å². The van der Waals surface area contributed by atoms with Gasteiger partial charge in [0.1, 0.15) is 12.4 Å². The largest absolute Gasteiger partial charge is 0.495 e. The molecule has 2 rings (SSSR count). The average Bonchev–Trinajstić information content (AvgIpc) is 2.66. The summed E-state index contributed by atoms with van der Waals surface area (Å²) in [6.07, 6.45) is -0.395. The number of ether oxygens (including phenoxy) is 2. The van der Waals surface area contributed by atoms with Crippen LogP contribution in [0.1, 0.15) is 11.6 Å². The predicted molar refractivity (Wildman–Crippen MR) is 62.5 cm³/mol. The van der Waals surface area contributed by atoms with E-state index in [2.05, 4.69) is 5.32 Å². The molecule has 0 spiro atoms. The van der Waals surface area contributed by atoms with Crippen LogP contribution in [0.25, 0.3) is 0 Å². The normalized spacial score (nSPS) is 18.4. The van der Waals surface area contributed by atoms with E-state index in [1.807, 2.05) is 6.07 Å². The van der Waals surface area contributed by atoms with Crippen molar-refractivity contribution in [1.29, 1.82) is 0 Å². The summed E-state index contributed by atoms with van der Waals surface area (Å²) in [6.45, 7) is 0.337. The smallest absolute Gasteiger partial charge is 0.407 e. The van der Waals surface area contributed by atoms with Gasteiger partial charge in [0.2, 0.25) is 0 Å². The molecule has 0 bridgehead atoms. The zero-order valence-corrected chi connectivity index (χ0v) is 10.1. The first-order valence-electron chi connectivity index (χ1n) is 4.47. The second kappa shape index (κ2) is 5.27. The summed E-state index contributed by atoms with van der Waals surface area (Å²) in [7, 11) is 1.55. The highest BCUT2D eigenvalue weighted by atomic mass is 35.5. The lowest BCUT2D eigenvalue weighted by molar-refractivity contribution is 0.177. The first kappa shape index (κ1) is 12.9. The number of nitrogens with one attached hydrogen (secondary N) is 1. The zero-order valence-electron chi connectivity index (χ0n) is 8.53. The van der Waals surface area contributed by atoms with E-state index in [0.717, 1.165) is 5.56 Å². The number of hydrogen-bond donors (Lipinski definition) is 1. The number of amides is 1. The first-order chi connectivity index (χ1) is 7.20. The van der Waals surface area contributed by atoms with Crippen LogP contribution in [0.15, 0.2) is 18.2 Å². The van der Waals surface area contributed by atoms with Gasteiger partial charge in [-0.2, -0.15) is 0 Å². The molecule has 0 aromatic heterocycles. The van der Waals surface area contributed by atoms with Crippen LogP contribution in [0, 0.1) is 0 Å². The molecule has 1 aromatic carbocycles. The fourth-order valence-corrected chi connectivity index (χ4v) is 1.65. The molecule has 0 aliphatic carbocycles. The summed E-state index contributed by atoms with van der Waals surface area (Å²) in [4.78, 5) is 10.9. The topological polar surface area (TPSA) is 47.6 Å². The van der Waals surface area contributed by atoms with E-state index in [1.54, 1.807) is 19.2 Å². The number of carbonyl (C=O) groups is 1. The van der Waals surface area contributed by atoms with Gasteiger partial charge in [-0.05, 0) is 17.7 Å². The molecule has 1 atom stereocenters. The van der Waals surface area contributed by atoms with Crippen molar-refractivity contribution >= 4 is 30.1 Å². The maximum atomic E-state index is 10.9. The van der Waals surface area contributed by atoms with Gasteiger partial charge in [-0.1, -0.05) is 17.7 Å². The van der Waals surface area contributed by atoms with E-state index in [0.29, 0.717) is 17.4 Å². The van der Waals surface area contributed by atoms with Crippen molar-refractivity contribution in [2.45, 2.75) is 6.04 Å². The zero-order chi connectivity index (χ0) is 10.8. The fourth-order valence-electron chi connectivity index (χ4n) is 1.46.